The Morgan fingerprint density at radius 1 is 0.853 bits per heavy atom. The predicted octanol–water partition coefficient (Wildman–Crippen LogP) is 4.92. The van der Waals surface area contributed by atoms with Crippen LogP contribution in [0.1, 0.15) is 54.1 Å². The summed E-state index contributed by atoms with van der Waals surface area (Å²) in [7, 11) is 0. The van der Waals surface area contributed by atoms with E-state index in [1.54, 1.807) is 30.3 Å². The predicted molar refractivity (Wildman–Crippen MR) is 133 cm³/mol. The van der Waals surface area contributed by atoms with Gasteiger partial charge >= 0.3 is 11.9 Å². The lowest BCUT2D eigenvalue weighted by molar-refractivity contribution is -0.147. The first-order valence-electron chi connectivity index (χ1n) is 11.0. The van der Waals surface area contributed by atoms with Crippen molar-refractivity contribution in [2.24, 2.45) is 0 Å². The van der Waals surface area contributed by atoms with Crippen LogP contribution in [0.3, 0.4) is 0 Å². The minimum Gasteiger partial charge on any atom is -0.462 e. The Balaban J connectivity index is 1.71. The largest absolute Gasteiger partial charge is 0.462 e. The average molecular weight is 533 g/mol. The number of halogens is 1. The molecule has 2 N–H and O–H groups in total. The van der Waals surface area contributed by atoms with E-state index in [0.29, 0.717) is 23.5 Å². The number of benzene rings is 2. The molecule has 0 atom stereocenters. The topological polar surface area (TPSA) is 111 Å². The fourth-order valence-electron chi connectivity index (χ4n) is 2.85. The fourth-order valence-corrected chi connectivity index (χ4v) is 3.28. The molecule has 2 aromatic rings. The van der Waals surface area contributed by atoms with E-state index >= 15 is 0 Å². The maximum Gasteiger partial charge on any atom is 0.338 e. The first kappa shape index (κ1) is 27.0. The van der Waals surface area contributed by atoms with Gasteiger partial charge in [0.2, 0.25) is 5.91 Å². The van der Waals surface area contributed by atoms with Gasteiger partial charge in [-0.3, -0.25) is 14.4 Å². The second-order valence-corrected chi connectivity index (χ2v) is 8.52. The lowest BCUT2D eigenvalue weighted by Gasteiger charge is -2.12. The molecule has 0 saturated heterocycles. The van der Waals surface area contributed by atoms with Gasteiger partial charge in [0.25, 0.3) is 5.91 Å². The Morgan fingerprint density at radius 3 is 2.24 bits per heavy atom. The highest BCUT2D eigenvalue weighted by molar-refractivity contribution is 9.10. The molecule has 2 rings (SSSR count). The molecule has 8 nitrogen and oxygen atoms in total. The SMILES string of the molecule is CCCCOC(=O)c1ccc(NC(=O)CCC(=O)OCC(=O)Nc2ccc(Br)c(C)c2C)cc1. The number of carbonyl (C=O) groups excluding carboxylic acids is 4. The number of amides is 2. The zero-order valence-electron chi connectivity index (χ0n) is 19.5. The highest BCUT2D eigenvalue weighted by atomic mass is 79.9. The summed E-state index contributed by atoms with van der Waals surface area (Å²) >= 11 is 3.43. The zero-order valence-corrected chi connectivity index (χ0v) is 21.1. The summed E-state index contributed by atoms with van der Waals surface area (Å²) in [5.41, 5.74) is 3.43. The number of esters is 2. The van der Waals surface area contributed by atoms with Gasteiger partial charge < -0.3 is 20.1 Å². The molecule has 34 heavy (non-hydrogen) atoms. The van der Waals surface area contributed by atoms with Gasteiger partial charge in [-0.05, 0) is 67.8 Å². The molecule has 0 spiro atoms. The lowest BCUT2D eigenvalue weighted by atomic mass is 10.1. The lowest BCUT2D eigenvalue weighted by Crippen LogP contribution is -2.22. The van der Waals surface area contributed by atoms with E-state index in [0.717, 1.165) is 28.4 Å². The van der Waals surface area contributed by atoms with Crippen LogP contribution in [0.15, 0.2) is 40.9 Å². The van der Waals surface area contributed by atoms with Crippen molar-refractivity contribution in [2.45, 2.75) is 46.5 Å². The summed E-state index contributed by atoms with van der Waals surface area (Å²) in [6, 6.07) is 9.89. The van der Waals surface area contributed by atoms with Crippen molar-refractivity contribution < 1.29 is 28.7 Å². The molecule has 0 aliphatic carbocycles. The second-order valence-electron chi connectivity index (χ2n) is 7.67. The van der Waals surface area contributed by atoms with Gasteiger partial charge in [0.05, 0.1) is 18.6 Å². The minimum absolute atomic E-state index is 0.105. The molecule has 0 radical (unpaired) electrons. The average Bonchev–Trinajstić information content (AvgIpc) is 2.82. The summed E-state index contributed by atoms with van der Waals surface area (Å²) in [4.78, 5) is 48.0. The van der Waals surface area contributed by atoms with E-state index in [-0.39, 0.29) is 18.7 Å². The van der Waals surface area contributed by atoms with Gasteiger partial charge in [-0.25, -0.2) is 4.79 Å². The minimum atomic E-state index is -0.654. The molecule has 182 valence electrons. The number of ether oxygens (including phenoxy) is 2. The summed E-state index contributed by atoms with van der Waals surface area (Å²) < 4.78 is 11.0. The number of rotatable bonds is 11. The third kappa shape index (κ3) is 8.62. The van der Waals surface area contributed by atoms with Crippen LogP contribution in [-0.4, -0.2) is 37.0 Å². The van der Waals surface area contributed by atoms with Crippen molar-refractivity contribution in [2.75, 3.05) is 23.8 Å². The van der Waals surface area contributed by atoms with Crippen LogP contribution in [0, 0.1) is 13.8 Å². The number of anilines is 2. The van der Waals surface area contributed by atoms with Gasteiger partial charge in [-0.15, -0.1) is 0 Å². The van der Waals surface area contributed by atoms with Crippen molar-refractivity contribution in [3.8, 4) is 0 Å². The number of hydrogen-bond donors (Lipinski definition) is 2. The molecule has 2 aromatic carbocycles. The molecule has 0 aliphatic heterocycles. The number of unbranched alkanes of at least 4 members (excludes halogenated alkanes) is 1. The molecule has 9 heteroatoms. The van der Waals surface area contributed by atoms with Gasteiger partial charge in [0, 0.05) is 22.3 Å². The van der Waals surface area contributed by atoms with E-state index < -0.39 is 24.5 Å². The molecule has 0 fully saturated rings. The van der Waals surface area contributed by atoms with Crippen LogP contribution >= 0.6 is 15.9 Å². The van der Waals surface area contributed by atoms with Crippen LogP contribution in [0.5, 0.6) is 0 Å². The van der Waals surface area contributed by atoms with E-state index in [9.17, 15) is 19.2 Å². The Morgan fingerprint density at radius 2 is 1.56 bits per heavy atom. The Hall–Kier alpha value is -3.20. The van der Waals surface area contributed by atoms with Gasteiger partial charge in [-0.2, -0.15) is 0 Å². The van der Waals surface area contributed by atoms with Crippen molar-refractivity contribution in [3.63, 3.8) is 0 Å². The Labute approximate surface area is 207 Å². The molecule has 2 amide bonds. The van der Waals surface area contributed by atoms with Crippen molar-refractivity contribution in [1.82, 2.24) is 0 Å². The van der Waals surface area contributed by atoms with Crippen LogP contribution in [-0.2, 0) is 23.9 Å². The fraction of sp³-hybridized carbons (Fsp3) is 0.360. The van der Waals surface area contributed by atoms with E-state index in [4.69, 9.17) is 9.47 Å². The molecule has 0 aliphatic rings. The molecule has 0 saturated carbocycles. The maximum atomic E-state index is 12.1. The summed E-state index contributed by atoms with van der Waals surface area (Å²) in [5, 5.41) is 5.36. The standard InChI is InChI=1S/C25H29BrN2O6/c1-4-5-14-33-25(32)18-6-8-19(9-7-18)27-22(29)12-13-24(31)34-15-23(30)28-21-11-10-20(26)16(2)17(21)3/h6-11H,4-5,12-15H2,1-3H3,(H,27,29)(H,28,30). The number of nitrogens with one attached hydrogen (secondary N) is 2. The van der Waals surface area contributed by atoms with Gasteiger partial charge in [0.15, 0.2) is 6.61 Å². The normalized spacial score (nSPS) is 10.4. The summed E-state index contributed by atoms with van der Waals surface area (Å²) in [5.74, 6) is -1.92. The molecular weight excluding hydrogens is 504 g/mol. The molecule has 0 unspecified atom stereocenters. The van der Waals surface area contributed by atoms with Crippen LogP contribution in [0.2, 0.25) is 0 Å². The van der Waals surface area contributed by atoms with Gasteiger partial charge in [0.1, 0.15) is 0 Å². The third-order valence-corrected chi connectivity index (χ3v) is 5.91. The Kier molecular flexibility index (Phi) is 10.7. The second kappa shape index (κ2) is 13.5. The summed E-state index contributed by atoms with van der Waals surface area (Å²) in [6.45, 7) is 5.75. The number of hydrogen-bond acceptors (Lipinski definition) is 6. The quantitative estimate of drug-likeness (QED) is 0.313. The molecule has 0 heterocycles. The smallest absolute Gasteiger partial charge is 0.338 e. The van der Waals surface area contributed by atoms with Crippen LogP contribution in [0.4, 0.5) is 11.4 Å². The molecular formula is C25H29BrN2O6. The Bertz CT molecular complexity index is 1040. The summed E-state index contributed by atoms with van der Waals surface area (Å²) in [6.07, 6.45) is 1.46. The van der Waals surface area contributed by atoms with E-state index in [2.05, 4.69) is 26.6 Å². The van der Waals surface area contributed by atoms with Crippen LogP contribution < -0.4 is 10.6 Å². The molecule has 0 aromatic heterocycles. The first-order chi connectivity index (χ1) is 16.2. The molecule has 0 bridgehead atoms. The maximum absolute atomic E-state index is 12.1. The van der Waals surface area contributed by atoms with Gasteiger partial charge in [-0.1, -0.05) is 29.3 Å². The first-order valence-corrected chi connectivity index (χ1v) is 11.8. The van der Waals surface area contributed by atoms with Crippen molar-refractivity contribution in [1.29, 1.82) is 0 Å². The van der Waals surface area contributed by atoms with E-state index in [1.807, 2.05) is 26.8 Å². The van der Waals surface area contributed by atoms with E-state index in [1.165, 1.54) is 0 Å². The monoisotopic (exact) mass is 532 g/mol. The number of carbonyl (C=O) groups is 4. The van der Waals surface area contributed by atoms with Crippen LogP contribution in [0.25, 0.3) is 0 Å². The third-order valence-electron chi connectivity index (χ3n) is 5.05. The highest BCUT2D eigenvalue weighted by Crippen LogP contribution is 2.25. The zero-order chi connectivity index (χ0) is 25.1. The van der Waals surface area contributed by atoms with Crippen molar-refractivity contribution in [3.05, 3.63) is 57.6 Å². The van der Waals surface area contributed by atoms with Crippen molar-refractivity contribution >= 4 is 51.1 Å². The highest BCUT2D eigenvalue weighted by Gasteiger charge is 2.13.